The van der Waals surface area contributed by atoms with Gasteiger partial charge in [-0.15, -0.1) is 0 Å². The van der Waals surface area contributed by atoms with E-state index in [-0.39, 0.29) is 18.3 Å². The number of hydrogen-bond donors (Lipinski definition) is 0. The molecule has 0 atom stereocenters. The predicted octanol–water partition coefficient (Wildman–Crippen LogP) is 5.14. The first kappa shape index (κ1) is 20.6. The second-order valence-electron chi connectivity index (χ2n) is 5.95. The average molecular weight is 436 g/mol. The molecule has 0 saturated carbocycles. The van der Waals surface area contributed by atoms with Gasteiger partial charge in [-0.3, -0.25) is 14.5 Å². The topological polar surface area (TPSA) is 59.8 Å². The fraction of sp³-hybridized carbons (Fsp3) is 0.250. The van der Waals surface area contributed by atoms with E-state index in [1.807, 2.05) is 18.2 Å². The fourth-order valence-corrected chi connectivity index (χ4v) is 4.05. The van der Waals surface area contributed by atoms with Gasteiger partial charge in [-0.05, 0) is 49.7 Å². The van der Waals surface area contributed by atoms with Crippen LogP contribution in [0.4, 0.5) is 0 Å². The number of ether oxygens (including phenoxy) is 1. The molecule has 2 heterocycles. The van der Waals surface area contributed by atoms with Crippen LogP contribution in [-0.2, 0) is 14.3 Å². The Hall–Kier alpha value is -2.09. The lowest BCUT2D eigenvalue weighted by molar-refractivity contribution is -0.143. The molecular formula is C20H18ClNO4S2. The monoisotopic (exact) mass is 435 g/mol. The molecule has 8 heteroatoms. The molecule has 1 saturated heterocycles. The highest BCUT2D eigenvalue weighted by Gasteiger charge is 2.32. The minimum Gasteiger partial charge on any atom is -0.466 e. The maximum Gasteiger partial charge on any atom is 0.305 e. The van der Waals surface area contributed by atoms with Crippen LogP contribution in [0, 0.1) is 0 Å². The molecule has 0 bridgehead atoms. The number of carbonyl (C=O) groups is 2. The Labute approximate surface area is 177 Å². The number of esters is 1. The Balaban J connectivity index is 1.65. The molecule has 146 valence electrons. The number of thiocarbonyl (C=S) groups is 1. The van der Waals surface area contributed by atoms with Crippen molar-refractivity contribution in [2.75, 3.05) is 13.2 Å². The Bertz CT molecular complexity index is 921. The number of hydrogen-bond acceptors (Lipinski definition) is 6. The molecule has 0 aliphatic carbocycles. The number of furan rings is 1. The SMILES string of the molecule is CCOC(=O)CCCN1C(=O)C(=Cc2ccc(-c3ccc(Cl)cc3)o2)SC1=S. The Morgan fingerprint density at radius 3 is 2.75 bits per heavy atom. The van der Waals surface area contributed by atoms with Gasteiger partial charge in [0.15, 0.2) is 0 Å². The van der Waals surface area contributed by atoms with Crippen molar-refractivity contribution < 1.29 is 18.7 Å². The highest BCUT2D eigenvalue weighted by Crippen LogP contribution is 2.34. The summed E-state index contributed by atoms with van der Waals surface area (Å²) in [5, 5.41) is 0.655. The molecule has 1 amide bonds. The average Bonchev–Trinajstić information content (AvgIpc) is 3.23. The van der Waals surface area contributed by atoms with Gasteiger partial charge in [-0.1, -0.05) is 35.6 Å². The van der Waals surface area contributed by atoms with E-state index in [0.29, 0.717) is 45.3 Å². The molecule has 1 aromatic heterocycles. The Morgan fingerprint density at radius 2 is 2.04 bits per heavy atom. The highest BCUT2D eigenvalue weighted by atomic mass is 35.5. The van der Waals surface area contributed by atoms with Gasteiger partial charge < -0.3 is 9.15 Å². The standard InChI is InChI=1S/C20H18ClNO4S2/c1-2-25-18(23)4-3-11-22-19(24)17(28-20(22)27)12-15-9-10-16(26-15)13-5-7-14(21)8-6-13/h5-10,12H,2-4,11H2,1H3. The normalized spacial score (nSPS) is 15.5. The molecule has 1 aliphatic heterocycles. The van der Waals surface area contributed by atoms with Crippen molar-refractivity contribution in [3.8, 4) is 11.3 Å². The summed E-state index contributed by atoms with van der Waals surface area (Å²) in [6.45, 7) is 2.50. The molecule has 2 aromatic rings. The van der Waals surface area contributed by atoms with Gasteiger partial charge in [0.2, 0.25) is 0 Å². The van der Waals surface area contributed by atoms with Gasteiger partial charge in [-0.25, -0.2) is 0 Å². The van der Waals surface area contributed by atoms with Crippen LogP contribution >= 0.6 is 35.6 Å². The summed E-state index contributed by atoms with van der Waals surface area (Å²) in [4.78, 5) is 26.0. The summed E-state index contributed by atoms with van der Waals surface area (Å²) < 4.78 is 11.2. The number of rotatable bonds is 7. The van der Waals surface area contributed by atoms with E-state index in [0.717, 1.165) is 5.56 Å². The van der Waals surface area contributed by atoms with E-state index in [4.69, 9.17) is 33.0 Å². The van der Waals surface area contributed by atoms with Crippen molar-refractivity contribution in [2.24, 2.45) is 0 Å². The molecular weight excluding hydrogens is 418 g/mol. The molecule has 0 spiro atoms. The number of halogens is 1. The second-order valence-corrected chi connectivity index (χ2v) is 8.06. The quantitative estimate of drug-likeness (QED) is 0.340. The molecule has 0 radical (unpaired) electrons. The van der Waals surface area contributed by atoms with E-state index in [2.05, 4.69) is 0 Å². The fourth-order valence-electron chi connectivity index (χ4n) is 2.64. The smallest absolute Gasteiger partial charge is 0.305 e. The van der Waals surface area contributed by atoms with E-state index < -0.39 is 0 Å². The maximum atomic E-state index is 12.6. The van der Waals surface area contributed by atoms with Gasteiger partial charge in [0.1, 0.15) is 15.8 Å². The number of benzene rings is 1. The largest absolute Gasteiger partial charge is 0.466 e. The number of amides is 1. The first-order valence-corrected chi connectivity index (χ1v) is 10.3. The van der Waals surface area contributed by atoms with E-state index in [1.165, 1.54) is 16.7 Å². The van der Waals surface area contributed by atoms with Crippen LogP contribution in [0.15, 0.2) is 45.7 Å². The maximum absolute atomic E-state index is 12.6. The predicted molar refractivity (Wildman–Crippen MR) is 115 cm³/mol. The Kier molecular flexibility index (Phi) is 6.93. The van der Waals surface area contributed by atoms with Crippen molar-refractivity contribution >= 4 is 57.9 Å². The van der Waals surface area contributed by atoms with Gasteiger partial charge in [0, 0.05) is 29.6 Å². The zero-order valence-electron chi connectivity index (χ0n) is 15.1. The Morgan fingerprint density at radius 1 is 1.29 bits per heavy atom. The minimum atomic E-state index is -0.270. The van der Waals surface area contributed by atoms with Crippen molar-refractivity contribution in [3.05, 3.63) is 52.1 Å². The zero-order valence-corrected chi connectivity index (χ0v) is 17.5. The number of carbonyl (C=O) groups excluding carboxylic acids is 2. The summed E-state index contributed by atoms with van der Waals surface area (Å²) >= 11 is 12.4. The van der Waals surface area contributed by atoms with Crippen LogP contribution in [-0.4, -0.2) is 34.2 Å². The molecule has 5 nitrogen and oxygen atoms in total. The molecule has 0 unspecified atom stereocenters. The van der Waals surface area contributed by atoms with Gasteiger partial charge in [0.25, 0.3) is 5.91 Å². The van der Waals surface area contributed by atoms with Gasteiger partial charge >= 0.3 is 5.97 Å². The third-order valence-corrected chi connectivity index (χ3v) is 5.60. The summed E-state index contributed by atoms with van der Waals surface area (Å²) in [6, 6.07) is 11.0. The van der Waals surface area contributed by atoms with Crippen LogP contribution in [0.25, 0.3) is 17.4 Å². The van der Waals surface area contributed by atoms with Crippen molar-refractivity contribution in [1.82, 2.24) is 4.90 Å². The molecule has 0 N–H and O–H groups in total. The first-order chi connectivity index (χ1) is 13.5. The molecule has 28 heavy (non-hydrogen) atoms. The van der Waals surface area contributed by atoms with Crippen molar-refractivity contribution in [3.63, 3.8) is 0 Å². The number of thioether (sulfide) groups is 1. The summed E-state index contributed by atoms with van der Waals surface area (Å²) in [6.07, 6.45) is 2.44. The minimum absolute atomic E-state index is 0.177. The second kappa shape index (κ2) is 9.41. The lowest BCUT2D eigenvalue weighted by Crippen LogP contribution is -2.29. The zero-order chi connectivity index (χ0) is 20.1. The molecule has 1 aromatic carbocycles. The van der Waals surface area contributed by atoms with Crippen LogP contribution < -0.4 is 0 Å². The summed E-state index contributed by atoms with van der Waals surface area (Å²) in [5.74, 6) is 0.807. The highest BCUT2D eigenvalue weighted by molar-refractivity contribution is 8.26. The molecule has 1 fully saturated rings. The van der Waals surface area contributed by atoms with Crippen LogP contribution in [0.5, 0.6) is 0 Å². The first-order valence-electron chi connectivity index (χ1n) is 8.74. The third-order valence-electron chi connectivity index (χ3n) is 3.97. The van der Waals surface area contributed by atoms with Gasteiger partial charge in [-0.2, -0.15) is 0 Å². The summed E-state index contributed by atoms with van der Waals surface area (Å²) in [5.41, 5.74) is 0.899. The summed E-state index contributed by atoms with van der Waals surface area (Å²) in [7, 11) is 0. The van der Waals surface area contributed by atoms with E-state index in [9.17, 15) is 9.59 Å². The van der Waals surface area contributed by atoms with Crippen LogP contribution in [0.3, 0.4) is 0 Å². The third kappa shape index (κ3) is 5.04. The lowest BCUT2D eigenvalue weighted by atomic mass is 10.2. The van der Waals surface area contributed by atoms with Crippen molar-refractivity contribution in [1.29, 1.82) is 0 Å². The van der Waals surface area contributed by atoms with Crippen molar-refractivity contribution in [2.45, 2.75) is 19.8 Å². The molecule has 3 rings (SSSR count). The number of nitrogens with zero attached hydrogens (tertiary/aromatic N) is 1. The van der Waals surface area contributed by atoms with Crippen LogP contribution in [0.1, 0.15) is 25.5 Å². The van der Waals surface area contributed by atoms with Gasteiger partial charge in [0.05, 0.1) is 11.5 Å². The van der Waals surface area contributed by atoms with Crippen LogP contribution in [0.2, 0.25) is 5.02 Å². The molecule has 1 aliphatic rings. The van der Waals surface area contributed by atoms with E-state index >= 15 is 0 Å². The van der Waals surface area contributed by atoms with E-state index in [1.54, 1.807) is 31.2 Å². The lowest BCUT2D eigenvalue weighted by Gasteiger charge is -2.13.